The van der Waals surface area contributed by atoms with Crippen LogP contribution in [0.4, 0.5) is 4.39 Å². The molecule has 0 saturated carbocycles. The second kappa shape index (κ2) is 8.75. The van der Waals surface area contributed by atoms with E-state index in [1.54, 1.807) is 0 Å². The molecule has 8 heteroatoms. The Balaban J connectivity index is 1.54. The minimum Gasteiger partial charge on any atom is -0.490 e. The highest BCUT2D eigenvalue weighted by Gasteiger charge is 2.21. The molecule has 0 saturated heterocycles. The standard InChI is InChI=1S/C23H24FN3O4/c1-14(2)22(15-4-7-19-20(10-15)31-9-3-8-30-19)26-21(28)12-27-13-25-18-11-16(24)5-6-17(18)23(27)29/h4-7,10-11,13-14,22H,3,8-9,12H2,1-2H3,(H,26,28)/t22-/m1/s1. The van der Waals surface area contributed by atoms with Gasteiger partial charge in [-0.15, -0.1) is 0 Å². The zero-order chi connectivity index (χ0) is 22.0. The summed E-state index contributed by atoms with van der Waals surface area (Å²) >= 11 is 0. The first-order valence-corrected chi connectivity index (χ1v) is 10.3. The molecule has 0 spiro atoms. The molecule has 1 atom stereocenters. The molecule has 0 bridgehead atoms. The van der Waals surface area contributed by atoms with Crippen LogP contribution >= 0.6 is 0 Å². The van der Waals surface area contributed by atoms with Gasteiger partial charge in [-0.05, 0) is 35.7 Å². The summed E-state index contributed by atoms with van der Waals surface area (Å²) in [4.78, 5) is 29.5. The summed E-state index contributed by atoms with van der Waals surface area (Å²) in [6.45, 7) is 5.01. The van der Waals surface area contributed by atoms with Crippen LogP contribution in [-0.4, -0.2) is 28.7 Å². The summed E-state index contributed by atoms with van der Waals surface area (Å²) in [7, 11) is 0. The number of nitrogens with zero attached hydrogens (tertiary/aromatic N) is 2. The molecule has 1 N–H and O–H groups in total. The van der Waals surface area contributed by atoms with E-state index < -0.39 is 11.4 Å². The van der Waals surface area contributed by atoms with Crippen LogP contribution in [-0.2, 0) is 11.3 Å². The molecule has 2 aromatic carbocycles. The quantitative estimate of drug-likeness (QED) is 0.679. The summed E-state index contributed by atoms with van der Waals surface area (Å²) in [5.74, 6) is 0.668. The van der Waals surface area contributed by atoms with E-state index in [1.165, 1.54) is 29.1 Å². The van der Waals surface area contributed by atoms with Crippen molar-refractivity contribution < 1.29 is 18.7 Å². The smallest absolute Gasteiger partial charge is 0.261 e. The Morgan fingerprint density at radius 2 is 1.94 bits per heavy atom. The Morgan fingerprint density at radius 3 is 2.71 bits per heavy atom. The number of fused-ring (bicyclic) bond motifs is 2. The maximum absolute atomic E-state index is 13.4. The number of hydrogen-bond acceptors (Lipinski definition) is 5. The fourth-order valence-electron chi connectivity index (χ4n) is 3.63. The first kappa shape index (κ1) is 20.8. The third-order valence-corrected chi connectivity index (χ3v) is 5.22. The van der Waals surface area contributed by atoms with Gasteiger partial charge in [-0.25, -0.2) is 9.37 Å². The Morgan fingerprint density at radius 1 is 1.16 bits per heavy atom. The number of benzene rings is 2. The second-order valence-electron chi connectivity index (χ2n) is 7.88. The Bertz CT molecular complexity index is 1180. The maximum atomic E-state index is 13.4. The monoisotopic (exact) mass is 425 g/mol. The van der Waals surface area contributed by atoms with E-state index in [1.807, 2.05) is 32.0 Å². The number of carbonyl (C=O) groups is 1. The highest BCUT2D eigenvalue weighted by Crippen LogP contribution is 2.34. The van der Waals surface area contributed by atoms with Gasteiger partial charge in [0.25, 0.3) is 5.56 Å². The van der Waals surface area contributed by atoms with Gasteiger partial charge in [0.15, 0.2) is 11.5 Å². The molecular weight excluding hydrogens is 401 g/mol. The van der Waals surface area contributed by atoms with E-state index in [0.717, 1.165) is 12.0 Å². The lowest BCUT2D eigenvalue weighted by Crippen LogP contribution is -2.36. The van der Waals surface area contributed by atoms with Crippen molar-refractivity contribution in [2.24, 2.45) is 5.92 Å². The third kappa shape index (κ3) is 4.52. The SMILES string of the molecule is CC(C)[C@@H](NC(=O)Cn1cnc2cc(F)ccc2c1=O)c1ccc2c(c1)OCCCO2. The van der Waals surface area contributed by atoms with E-state index in [0.29, 0.717) is 24.7 Å². The lowest BCUT2D eigenvalue weighted by Gasteiger charge is -2.24. The molecule has 31 heavy (non-hydrogen) atoms. The molecule has 1 amide bonds. The minimum atomic E-state index is -0.468. The van der Waals surface area contributed by atoms with Crippen molar-refractivity contribution in [3.63, 3.8) is 0 Å². The van der Waals surface area contributed by atoms with Crippen molar-refractivity contribution >= 4 is 16.8 Å². The van der Waals surface area contributed by atoms with Crippen LogP contribution in [0.15, 0.2) is 47.5 Å². The van der Waals surface area contributed by atoms with Crippen LogP contribution in [0.5, 0.6) is 11.5 Å². The van der Waals surface area contributed by atoms with Crippen LogP contribution in [0.3, 0.4) is 0 Å². The highest BCUT2D eigenvalue weighted by atomic mass is 19.1. The van der Waals surface area contributed by atoms with Crippen LogP contribution < -0.4 is 20.3 Å². The van der Waals surface area contributed by atoms with Crippen molar-refractivity contribution in [1.82, 2.24) is 14.9 Å². The van der Waals surface area contributed by atoms with Gasteiger partial charge in [-0.1, -0.05) is 19.9 Å². The van der Waals surface area contributed by atoms with Crippen molar-refractivity contribution in [2.45, 2.75) is 32.9 Å². The number of aromatic nitrogens is 2. The van der Waals surface area contributed by atoms with Gasteiger partial charge in [0, 0.05) is 12.5 Å². The van der Waals surface area contributed by atoms with Gasteiger partial charge >= 0.3 is 0 Å². The van der Waals surface area contributed by atoms with Gasteiger partial charge in [0.2, 0.25) is 5.91 Å². The van der Waals surface area contributed by atoms with E-state index >= 15 is 0 Å². The molecule has 4 rings (SSSR count). The Hall–Kier alpha value is -3.42. The second-order valence-corrected chi connectivity index (χ2v) is 7.88. The molecule has 0 unspecified atom stereocenters. The van der Waals surface area contributed by atoms with Crippen molar-refractivity contribution in [2.75, 3.05) is 13.2 Å². The molecule has 1 aliphatic rings. The van der Waals surface area contributed by atoms with Crippen molar-refractivity contribution in [1.29, 1.82) is 0 Å². The number of carbonyl (C=O) groups excluding carboxylic acids is 1. The number of rotatable bonds is 5. The molecular formula is C23H24FN3O4. The summed E-state index contributed by atoms with van der Waals surface area (Å²) < 4.78 is 26.0. The molecule has 162 valence electrons. The van der Waals surface area contributed by atoms with Gasteiger partial charge in [0.1, 0.15) is 12.4 Å². The lowest BCUT2D eigenvalue weighted by molar-refractivity contribution is -0.122. The Labute approximate surface area is 178 Å². The fourth-order valence-corrected chi connectivity index (χ4v) is 3.63. The predicted octanol–water partition coefficient (Wildman–Crippen LogP) is 3.21. The minimum absolute atomic E-state index is 0.100. The van der Waals surface area contributed by atoms with Gasteiger partial charge in [-0.2, -0.15) is 0 Å². The summed E-state index contributed by atoms with van der Waals surface area (Å²) in [6, 6.07) is 9.16. The summed E-state index contributed by atoms with van der Waals surface area (Å²) in [5.41, 5.74) is 0.762. The molecule has 0 fully saturated rings. The molecule has 1 aliphatic heterocycles. The zero-order valence-electron chi connectivity index (χ0n) is 17.4. The number of ether oxygens (including phenoxy) is 2. The number of amides is 1. The van der Waals surface area contributed by atoms with Crippen LogP contribution in [0.25, 0.3) is 10.9 Å². The number of hydrogen-bond donors (Lipinski definition) is 1. The normalized spacial score (nSPS) is 14.3. The topological polar surface area (TPSA) is 82.5 Å². The van der Waals surface area contributed by atoms with E-state index in [9.17, 15) is 14.0 Å². The van der Waals surface area contributed by atoms with E-state index in [2.05, 4.69) is 10.3 Å². The number of halogens is 1. The molecule has 7 nitrogen and oxygen atoms in total. The fraction of sp³-hybridized carbons (Fsp3) is 0.348. The molecule has 0 radical (unpaired) electrons. The van der Waals surface area contributed by atoms with E-state index in [4.69, 9.17) is 9.47 Å². The van der Waals surface area contributed by atoms with Gasteiger partial charge < -0.3 is 14.8 Å². The first-order valence-electron chi connectivity index (χ1n) is 10.3. The summed E-state index contributed by atoms with van der Waals surface area (Å²) in [6.07, 6.45) is 2.08. The largest absolute Gasteiger partial charge is 0.490 e. The number of nitrogens with one attached hydrogen (secondary N) is 1. The van der Waals surface area contributed by atoms with Crippen LogP contribution in [0.1, 0.15) is 31.9 Å². The van der Waals surface area contributed by atoms with Crippen LogP contribution in [0.2, 0.25) is 0 Å². The highest BCUT2D eigenvalue weighted by molar-refractivity contribution is 5.79. The van der Waals surface area contributed by atoms with Gasteiger partial charge in [-0.3, -0.25) is 14.2 Å². The van der Waals surface area contributed by atoms with E-state index in [-0.39, 0.29) is 35.3 Å². The Kier molecular flexibility index (Phi) is 5.88. The zero-order valence-corrected chi connectivity index (χ0v) is 17.4. The average molecular weight is 425 g/mol. The predicted molar refractivity (Wildman–Crippen MR) is 114 cm³/mol. The molecule has 2 heterocycles. The maximum Gasteiger partial charge on any atom is 0.261 e. The molecule has 0 aliphatic carbocycles. The lowest BCUT2D eigenvalue weighted by atomic mass is 9.95. The molecule has 1 aromatic heterocycles. The van der Waals surface area contributed by atoms with Crippen molar-refractivity contribution in [3.05, 3.63) is 64.5 Å². The molecule has 3 aromatic rings. The summed E-state index contributed by atoms with van der Waals surface area (Å²) in [5, 5.41) is 3.27. The van der Waals surface area contributed by atoms with Crippen molar-refractivity contribution in [3.8, 4) is 11.5 Å². The van der Waals surface area contributed by atoms with Gasteiger partial charge in [0.05, 0.1) is 36.5 Å². The average Bonchev–Trinajstić information content (AvgIpc) is 2.98. The first-order chi connectivity index (χ1) is 14.9. The third-order valence-electron chi connectivity index (χ3n) is 5.22. The van der Waals surface area contributed by atoms with Crippen LogP contribution in [0, 0.1) is 11.7 Å².